The fourth-order valence-electron chi connectivity index (χ4n) is 4.00. The summed E-state index contributed by atoms with van der Waals surface area (Å²) in [4.78, 5) is 3.81. The highest BCUT2D eigenvalue weighted by molar-refractivity contribution is 5.26. The molecule has 2 aliphatic rings. The normalized spacial score (nSPS) is 30.7. The lowest BCUT2D eigenvalue weighted by atomic mass is 9.75. The molecule has 5 heteroatoms. The number of ether oxygens (including phenoxy) is 2. The second-order valence-electron chi connectivity index (χ2n) is 7.04. The first-order valence-electron chi connectivity index (χ1n) is 9.00. The third-order valence-corrected chi connectivity index (χ3v) is 5.42. The third kappa shape index (κ3) is 3.93. The first-order valence-corrected chi connectivity index (χ1v) is 9.00. The average Bonchev–Trinajstić information content (AvgIpc) is 2.63. The van der Waals surface area contributed by atoms with Crippen molar-refractivity contribution in [2.75, 3.05) is 13.2 Å². The zero-order valence-electron chi connectivity index (χ0n) is 14.2. The van der Waals surface area contributed by atoms with Crippen LogP contribution in [0, 0.1) is 34.9 Å². The highest BCUT2D eigenvalue weighted by Crippen LogP contribution is 2.38. The van der Waals surface area contributed by atoms with E-state index in [0.717, 1.165) is 5.92 Å². The van der Waals surface area contributed by atoms with Crippen molar-refractivity contribution >= 4 is 0 Å². The fourth-order valence-corrected chi connectivity index (χ4v) is 4.00. The van der Waals surface area contributed by atoms with Crippen molar-refractivity contribution in [3.05, 3.63) is 29.3 Å². The van der Waals surface area contributed by atoms with Crippen molar-refractivity contribution in [1.82, 2.24) is 4.98 Å². The minimum atomic E-state index is -0.626. The lowest BCUT2D eigenvalue weighted by molar-refractivity contribution is -0.215. The number of rotatable bonds is 4. The SMILES string of the molecule is CCCC1CCC(C2COC(c3cnc(C#N)c(F)c3)OC2)CC1. The molecule has 0 amide bonds. The third-order valence-electron chi connectivity index (χ3n) is 5.42. The van der Waals surface area contributed by atoms with Crippen LogP contribution in [-0.2, 0) is 9.47 Å². The van der Waals surface area contributed by atoms with E-state index in [-0.39, 0.29) is 5.69 Å². The van der Waals surface area contributed by atoms with Crippen molar-refractivity contribution in [2.24, 2.45) is 17.8 Å². The Morgan fingerprint density at radius 3 is 2.50 bits per heavy atom. The van der Waals surface area contributed by atoms with Gasteiger partial charge in [0.25, 0.3) is 0 Å². The molecule has 1 saturated carbocycles. The Kier molecular flexibility index (Phi) is 5.80. The summed E-state index contributed by atoms with van der Waals surface area (Å²) in [6.07, 6.45) is 8.69. The number of aromatic nitrogens is 1. The summed E-state index contributed by atoms with van der Waals surface area (Å²) in [5.74, 6) is 1.38. The number of hydrogen-bond donors (Lipinski definition) is 0. The molecule has 0 bridgehead atoms. The van der Waals surface area contributed by atoms with Gasteiger partial charge in [-0.2, -0.15) is 5.26 Å². The maximum atomic E-state index is 13.7. The standard InChI is InChI=1S/C19H25FN2O2/c1-2-3-13-4-6-14(7-5-13)16-11-23-19(24-12-16)15-8-17(20)18(9-21)22-10-15/h8,10,13-14,16,19H,2-7,11-12H2,1H3. The van der Waals surface area contributed by atoms with E-state index in [1.54, 1.807) is 6.07 Å². The van der Waals surface area contributed by atoms with Gasteiger partial charge in [-0.25, -0.2) is 9.37 Å². The van der Waals surface area contributed by atoms with Crippen LogP contribution in [-0.4, -0.2) is 18.2 Å². The molecule has 4 nitrogen and oxygen atoms in total. The Morgan fingerprint density at radius 2 is 1.92 bits per heavy atom. The van der Waals surface area contributed by atoms with Crippen LogP contribution < -0.4 is 0 Å². The van der Waals surface area contributed by atoms with E-state index in [2.05, 4.69) is 11.9 Å². The molecule has 0 unspecified atom stereocenters. The minimum Gasteiger partial charge on any atom is -0.348 e. The molecule has 1 aromatic heterocycles. The quantitative estimate of drug-likeness (QED) is 0.822. The topological polar surface area (TPSA) is 55.1 Å². The molecule has 1 aliphatic heterocycles. The number of pyridine rings is 1. The fraction of sp³-hybridized carbons (Fsp3) is 0.684. The molecule has 1 saturated heterocycles. The first-order chi connectivity index (χ1) is 11.7. The van der Waals surface area contributed by atoms with E-state index < -0.39 is 12.1 Å². The summed E-state index contributed by atoms with van der Waals surface area (Å²) in [5, 5.41) is 8.74. The van der Waals surface area contributed by atoms with Crippen molar-refractivity contribution < 1.29 is 13.9 Å². The van der Waals surface area contributed by atoms with Crippen LogP contribution >= 0.6 is 0 Å². The smallest absolute Gasteiger partial charge is 0.185 e. The molecule has 1 aromatic rings. The summed E-state index contributed by atoms with van der Waals surface area (Å²) >= 11 is 0. The Balaban J connectivity index is 1.51. The van der Waals surface area contributed by atoms with E-state index in [4.69, 9.17) is 14.7 Å². The lowest BCUT2D eigenvalue weighted by Gasteiger charge is -2.37. The van der Waals surface area contributed by atoms with E-state index >= 15 is 0 Å². The van der Waals surface area contributed by atoms with Gasteiger partial charge in [-0.3, -0.25) is 0 Å². The van der Waals surface area contributed by atoms with Crippen molar-refractivity contribution in [3.8, 4) is 6.07 Å². The zero-order chi connectivity index (χ0) is 16.9. The van der Waals surface area contributed by atoms with Crippen LogP contribution in [0.1, 0.15) is 63.0 Å². The predicted molar refractivity (Wildman–Crippen MR) is 87.4 cm³/mol. The lowest BCUT2D eigenvalue weighted by Crippen LogP contribution is -2.34. The monoisotopic (exact) mass is 332 g/mol. The van der Waals surface area contributed by atoms with Gasteiger partial charge in [0, 0.05) is 17.7 Å². The molecule has 24 heavy (non-hydrogen) atoms. The molecular formula is C19H25FN2O2. The van der Waals surface area contributed by atoms with Gasteiger partial charge in [-0.1, -0.05) is 32.6 Å². The minimum absolute atomic E-state index is 0.198. The molecule has 130 valence electrons. The Hall–Kier alpha value is -1.51. The predicted octanol–water partition coefficient (Wildman–Crippen LogP) is 4.36. The van der Waals surface area contributed by atoms with Crippen LogP contribution in [0.15, 0.2) is 12.3 Å². The molecule has 0 atom stereocenters. The summed E-state index contributed by atoms with van der Waals surface area (Å²) in [5.41, 5.74) is 0.341. The van der Waals surface area contributed by atoms with Gasteiger partial charge in [-0.05, 0) is 30.7 Å². The van der Waals surface area contributed by atoms with Gasteiger partial charge in [0.1, 0.15) is 6.07 Å². The number of nitriles is 1. The molecule has 1 aliphatic carbocycles. The second kappa shape index (κ2) is 8.04. The Morgan fingerprint density at radius 1 is 1.21 bits per heavy atom. The zero-order valence-corrected chi connectivity index (χ0v) is 14.2. The molecule has 2 heterocycles. The molecule has 0 radical (unpaired) electrons. The highest BCUT2D eigenvalue weighted by Gasteiger charge is 2.32. The van der Waals surface area contributed by atoms with Crippen molar-refractivity contribution in [3.63, 3.8) is 0 Å². The van der Waals surface area contributed by atoms with Crippen LogP contribution in [0.25, 0.3) is 0 Å². The van der Waals surface area contributed by atoms with Gasteiger partial charge >= 0.3 is 0 Å². The second-order valence-corrected chi connectivity index (χ2v) is 7.04. The van der Waals surface area contributed by atoms with Crippen LogP contribution in [0.4, 0.5) is 4.39 Å². The van der Waals surface area contributed by atoms with Crippen molar-refractivity contribution in [1.29, 1.82) is 5.26 Å². The summed E-state index contributed by atoms with van der Waals surface area (Å²) in [7, 11) is 0. The van der Waals surface area contributed by atoms with Crippen molar-refractivity contribution in [2.45, 2.75) is 51.7 Å². The number of hydrogen-bond acceptors (Lipinski definition) is 4. The molecule has 2 fully saturated rings. The largest absolute Gasteiger partial charge is 0.348 e. The molecule has 3 rings (SSSR count). The highest BCUT2D eigenvalue weighted by atomic mass is 19.1. The molecule has 0 spiro atoms. The summed E-state index contributed by atoms with van der Waals surface area (Å²) < 4.78 is 25.3. The van der Waals surface area contributed by atoms with E-state index in [9.17, 15) is 4.39 Å². The molecule has 0 N–H and O–H groups in total. The van der Waals surface area contributed by atoms with Gasteiger partial charge in [0.15, 0.2) is 17.8 Å². The van der Waals surface area contributed by atoms with Crippen LogP contribution in [0.5, 0.6) is 0 Å². The maximum Gasteiger partial charge on any atom is 0.185 e. The summed E-state index contributed by atoms with van der Waals surface area (Å²) in [6, 6.07) is 3.00. The average molecular weight is 332 g/mol. The van der Waals surface area contributed by atoms with Crippen LogP contribution in [0.3, 0.4) is 0 Å². The number of nitrogens with zero attached hydrogens (tertiary/aromatic N) is 2. The van der Waals surface area contributed by atoms with Gasteiger partial charge in [-0.15, -0.1) is 0 Å². The Labute approximate surface area is 143 Å². The molecular weight excluding hydrogens is 307 g/mol. The molecule has 0 aromatic carbocycles. The summed E-state index contributed by atoms with van der Waals surface area (Å²) in [6.45, 7) is 3.56. The van der Waals surface area contributed by atoms with Gasteiger partial charge in [0.2, 0.25) is 0 Å². The number of halogens is 1. The van der Waals surface area contributed by atoms with Gasteiger partial charge in [0.05, 0.1) is 13.2 Å². The van der Waals surface area contributed by atoms with E-state index in [1.165, 1.54) is 50.8 Å². The van der Waals surface area contributed by atoms with E-state index in [1.807, 2.05) is 0 Å². The van der Waals surface area contributed by atoms with Crippen LogP contribution in [0.2, 0.25) is 0 Å². The Bertz CT molecular complexity index is 586. The maximum absolute atomic E-state index is 13.7. The first kappa shape index (κ1) is 17.3. The van der Waals surface area contributed by atoms with Gasteiger partial charge < -0.3 is 9.47 Å². The van der Waals surface area contributed by atoms with E-state index in [0.29, 0.717) is 30.6 Å².